The Morgan fingerprint density at radius 2 is 1.33 bits per heavy atom. The molecule has 1 N–H and O–H groups in total. The van der Waals surface area contributed by atoms with Gasteiger partial charge in [-0.2, -0.15) is 0 Å². The fourth-order valence-corrected chi connectivity index (χ4v) is 5.69. The van der Waals surface area contributed by atoms with Crippen LogP contribution in [0.4, 0.5) is 0 Å². The summed E-state index contributed by atoms with van der Waals surface area (Å²) in [6.07, 6.45) is 26.2. The van der Waals surface area contributed by atoms with Crippen LogP contribution in [0.3, 0.4) is 0 Å². The molecule has 4 heteroatoms. The van der Waals surface area contributed by atoms with E-state index in [1.807, 2.05) is 6.08 Å². The van der Waals surface area contributed by atoms with Crippen LogP contribution in [0.5, 0.6) is 0 Å². The van der Waals surface area contributed by atoms with Crippen molar-refractivity contribution in [3.63, 3.8) is 0 Å². The van der Waals surface area contributed by atoms with Crippen LogP contribution in [-0.2, 0) is 14.3 Å². The van der Waals surface area contributed by atoms with Gasteiger partial charge < -0.3 is 14.6 Å². The second-order valence-electron chi connectivity index (χ2n) is 10.7. The molecule has 192 valence electrons. The van der Waals surface area contributed by atoms with Crippen LogP contribution in [-0.4, -0.2) is 35.5 Å². The lowest BCUT2D eigenvalue weighted by Crippen LogP contribution is -2.29. The van der Waals surface area contributed by atoms with Crippen molar-refractivity contribution in [1.82, 2.24) is 0 Å². The van der Waals surface area contributed by atoms with E-state index in [4.69, 9.17) is 14.6 Å². The van der Waals surface area contributed by atoms with E-state index >= 15 is 0 Å². The predicted octanol–water partition coefficient (Wildman–Crippen LogP) is 8.23. The van der Waals surface area contributed by atoms with Crippen LogP contribution in [0.2, 0.25) is 0 Å². The highest BCUT2D eigenvalue weighted by atomic mass is 16.5. The van der Waals surface area contributed by atoms with E-state index < -0.39 is 5.97 Å². The Morgan fingerprint density at radius 3 is 1.85 bits per heavy atom. The van der Waals surface area contributed by atoms with E-state index in [0.717, 1.165) is 32.1 Å². The van der Waals surface area contributed by atoms with Gasteiger partial charge >= 0.3 is 5.97 Å². The first-order valence-corrected chi connectivity index (χ1v) is 14.2. The normalized spacial score (nSPS) is 22.3. The molecule has 2 fully saturated rings. The van der Waals surface area contributed by atoms with Gasteiger partial charge in [-0.1, -0.05) is 76.7 Å². The Hall–Kier alpha value is -0.870. The number of carbonyl (C=O) groups is 1. The second kappa shape index (κ2) is 17.5. The zero-order valence-electron chi connectivity index (χ0n) is 21.5. The maximum atomic E-state index is 10.9. The predicted molar refractivity (Wildman–Crippen MR) is 137 cm³/mol. The summed E-state index contributed by atoms with van der Waals surface area (Å²) in [6, 6.07) is 0. The summed E-state index contributed by atoms with van der Waals surface area (Å²) < 4.78 is 13.1. The van der Waals surface area contributed by atoms with E-state index in [9.17, 15) is 4.79 Å². The highest BCUT2D eigenvalue weighted by Crippen LogP contribution is 2.29. The number of rotatable bonds is 14. The summed E-state index contributed by atoms with van der Waals surface area (Å²) in [6.45, 7) is 6.33. The average Bonchev–Trinajstić information content (AvgIpc) is 2.75. The standard InChI is InChI=1S/C29H52O4/c1-3-26(33-28-19-12-8-5-9-13-20-28)23-22-25(16-14-15-21-29(30)31)24(2)32-27-17-10-6-4-7-11-18-27/h3,24-28H,1,4-23H2,2H3,(H,30,31)/t24-,25-,26-/m1/s1. The molecule has 2 aliphatic carbocycles. The third-order valence-corrected chi connectivity index (χ3v) is 7.84. The van der Waals surface area contributed by atoms with Crippen LogP contribution in [0.1, 0.15) is 135 Å². The Morgan fingerprint density at radius 1 is 0.818 bits per heavy atom. The van der Waals surface area contributed by atoms with Crippen molar-refractivity contribution in [2.24, 2.45) is 5.92 Å². The zero-order valence-corrected chi connectivity index (χ0v) is 21.5. The third-order valence-electron chi connectivity index (χ3n) is 7.84. The van der Waals surface area contributed by atoms with Gasteiger partial charge in [0.15, 0.2) is 0 Å². The Labute approximate surface area is 203 Å². The van der Waals surface area contributed by atoms with E-state index in [0.29, 0.717) is 18.1 Å². The first-order valence-electron chi connectivity index (χ1n) is 14.2. The van der Waals surface area contributed by atoms with Gasteiger partial charge in [0.1, 0.15) is 0 Å². The minimum absolute atomic E-state index is 0.115. The number of hydrogen-bond acceptors (Lipinski definition) is 3. The number of carboxylic acids is 1. The lowest BCUT2D eigenvalue weighted by molar-refractivity contribution is -0.137. The van der Waals surface area contributed by atoms with Crippen molar-refractivity contribution >= 4 is 5.97 Å². The van der Waals surface area contributed by atoms with E-state index in [2.05, 4.69) is 13.5 Å². The summed E-state index contributed by atoms with van der Waals surface area (Å²) in [5.74, 6) is -0.239. The molecule has 0 amide bonds. The maximum Gasteiger partial charge on any atom is 0.303 e. The van der Waals surface area contributed by atoms with Gasteiger partial charge in [0.05, 0.1) is 24.4 Å². The van der Waals surface area contributed by atoms with E-state index in [1.165, 1.54) is 89.9 Å². The van der Waals surface area contributed by atoms with E-state index in [-0.39, 0.29) is 18.6 Å². The van der Waals surface area contributed by atoms with Crippen LogP contribution in [0.15, 0.2) is 12.7 Å². The van der Waals surface area contributed by atoms with E-state index in [1.54, 1.807) is 0 Å². The van der Waals surface area contributed by atoms with Crippen molar-refractivity contribution in [3.8, 4) is 0 Å². The Kier molecular flexibility index (Phi) is 15.1. The minimum Gasteiger partial charge on any atom is -0.481 e. The van der Waals surface area contributed by atoms with Crippen molar-refractivity contribution in [2.45, 2.75) is 160 Å². The number of aliphatic carboxylic acids is 1. The van der Waals surface area contributed by atoms with Gasteiger partial charge in [0, 0.05) is 6.42 Å². The van der Waals surface area contributed by atoms with Crippen molar-refractivity contribution in [2.75, 3.05) is 0 Å². The van der Waals surface area contributed by atoms with Gasteiger partial charge in [-0.3, -0.25) is 4.79 Å². The Balaban J connectivity index is 1.87. The van der Waals surface area contributed by atoms with Gasteiger partial charge in [-0.25, -0.2) is 0 Å². The molecule has 2 saturated carbocycles. The number of unbranched alkanes of at least 4 members (excludes halogenated alkanes) is 1. The lowest BCUT2D eigenvalue weighted by atomic mass is 9.89. The summed E-state index contributed by atoms with van der Waals surface area (Å²) in [5, 5.41) is 9.00. The molecule has 0 heterocycles. The maximum absolute atomic E-state index is 10.9. The molecule has 0 bridgehead atoms. The highest BCUT2D eigenvalue weighted by Gasteiger charge is 2.24. The lowest BCUT2D eigenvalue weighted by Gasteiger charge is -2.31. The van der Waals surface area contributed by atoms with Gasteiger partial charge in [0.2, 0.25) is 0 Å². The molecule has 0 unspecified atom stereocenters. The molecule has 0 radical (unpaired) electrons. The van der Waals surface area contributed by atoms with Crippen LogP contribution in [0.25, 0.3) is 0 Å². The number of hydrogen-bond donors (Lipinski definition) is 1. The van der Waals surface area contributed by atoms with Crippen molar-refractivity contribution in [1.29, 1.82) is 0 Å². The van der Waals surface area contributed by atoms with Crippen LogP contribution in [0, 0.1) is 5.92 Å². The molecule has 2 aliphatic rings. The fourth-order valence-electron chi connectivity index (χ4n) is 5.69. The molecule has 0 saturated heterocycles. The molecule has 33 heavy (non-hydrogen) atoms. The number of carboxylic acid groups (broad SMARTS) is 1. The van der Waals surface area contributed by atoms with Gasteiger partial charge in [-0.05, 0) is 64.2 Å². The van der Waals surface area contributed by atoms with Crippen molar-refractivity contribution < 1.29 is 19.4 Å². The molecule has 0 aliphatic heterocycles. The minimum atomic E-state index is -0.690. The third kappa shape index (κ3) is 13.0. The molecule has 3 atom stereocenters. The highest BCUT2D eigenvalue weighted by molar-refractivity contribution is 5.66. The SMILES string of the molecule is C=C[C@H](CC[C@@H](CCCCC(=O)O)[C@@H](C)OC1CCCCCCC1)OC1CCCCCCC1. The second-order valence-corrected chi connectivity index (χ2v) is 10.7. The molecule has 4 nitrogen and oxygen atoms in total. The zero-order chi connectivity index (χ0) is 23.7. The van der Waals surface area contributed by atoms with Crippen LogP contribution >= 0.6 is 0 Å². The first kappa shape index (κ1) is 28.4. The molecule has 0 aromatic heterocycles. The average molecular weight is 465 g/mol. The summed E-state index contributed by atoms with van der Waals surface area (Å²) >= 11 is 0. The summed E-state index contributed by atoms with van der Waals surface area (Å²) in [7, 11) is 0. The largest absolute Gasteiger partial charge is 0.481 e. The molecule has 0 spiro atoms. The fraction of sp³-hybridized carbons (Fsp3) is 0.897. The van der Waals surface area contributed by atoms with Gasteiger partial charge in [0.25, 0.3) is 0 Å². The molecule has 0 aromatic carbocycles. The Bertz CT molecular complexity index is 504. The van der Waals surface area contributed by atoms with Gasteiger partial charge in [-0.15, -0.1) is 6.58 Å². The van der Waals surface area contributed by atoms with Crippen LogP contribution < -0.4 is 0 Å². The smallest absolute Gasteiger partial charge is 0.303 e. The first-order chi connectivity index (χ1) is 16.1. The van der Waals surface area contributed by atoms with Crippen molar-refractivity contribution in [3.05, 3.63) is 12.7 Å². The molecule has 0 aromatic rings. The molecular weight excluding hydrogens is 412 g/mol. The summed E-state index contributed by atoms with van der Waals surface area (Å²) in [4.78, 5) is 10.9. The quantitative estimate of drug-likeness (QED) is 0.208. The number of ether oxygens (including phenoxy) is 2. The molecular formula is C29H52O4. The topological polar surface area (TPSA) is 55.8 Å². The molecule has 2 rings (SSSR count). The summed E-state index contributed by atoms with van der Waals surface area (Å²) in [5.41, 5.74) is 0. The monoisotopic (exact) mass is 464 g/mol.